The summed E-state index contributed by atoms with van der Waals surface area (Å²) in [6, 6.07) is 0. The minimum Gasteiger partial charge on any atom is -0.478 e. The lowest BCUT2D eigenvalue weighted by molar-refractivity contribution is -0.133. The lowest BCUT2D eigenvalue weighted by atomic mass is 10.4. The van der Waals surface area contributed by atoms with Gasteiger partial charge < -0.3 is 10.2 Å². The van der Waals surface area contributed by atoms with Gasteiger partial charge in [0.1, 0.15) is 0 Å². The van der Waals surface area contributed by atoms with Crippen molar-refractivity contribution in [2.45, 2.75) is 13.8 Å². The number of aliphatic carboxylic acids is 2. The summed E-state index contributed by atoms with van der Waals surface area (Å²) in [6.45, 7) is 9.20. The molecule has 0 aromatic heterocycles. The van der Waals surface area contributed by atoms with Crippen molar-refractivity contribution in [1.29, 1.82) is 0 Å². The molecule has 2 N–H and O–H groups in total. The van der Waals surface area contributed by atoms with Gasteiger partial charge >= 0.3 is 11.9 Å². The summed E-state index contributed by atoms with van der Waals surface area (Å²) in [7, 11) is 4.89. The fourth-order valence-electron chi connectivity index (χ4n) is 0. The smallest absolute Gasteiger partial charge is 0.330 e. The summed E-state index contributed by atoms with van der Waals surface area (Å²) >= 11 is 0. The summed E-state index contributed by atoms with van der Waals surface area (Å²) in [5, 5.41) is 15.8. The zero-order valence-electron chi connectivity index (χ0n) is 8.65. The number of carboxylic acid groups (broad SMARTS) is 2. The van der Waals surface area contributed by atoms with Gasteiger partial charge in [-0.15, -0.1) is 0 Å². The van der Waals surface area contributed by atoms with E-state index in [9.17, 15) is 9.59 Å². The molecule has 5 nitrogen and oxygen atoms in total. The first kappa shape index (κ1) is 19.5. The molecule has 0 saturated carbocycles. The Morgan fingerprint density at radius 1 is 1.13 bits per heavy atom. The van der Waals surface area contributed by atoms with Gasteiger partial charge in [0.25, 0.3) is 0 Å². The van der Waals surface area contributed by atoms with E-state index in [1.54, 1.807) is 0 Å². The molecule has 1 unspecified atom stereocenters. The first-order valence-electron chi connectivity index (χ1n) is 3.54. The summed E-state index contributed by atoms with van der Waals surface area (Å²) in [5.74, 6) is -1.87. The Kier molecular flexibility index (Phi) is 16.8. The standard InChI is InChI=1S/2C4H6O2.H3NP2/c2*1-3(2)4(5)6;2-1-3/h2*1H2,2H3,(H,5,6);2H,3H2. The van der Waals surface area contributed by atoms with Crippen molar-refractivity contribution in [3.05, 3.63) is 24.3 Å². The van der Waals surface area contributed by atoms with Crippen molar-refractivity contribution in [2.24, 2.45) is 4.52 Å². The normalized spacial score (nSPS) is 6.87. The summed E-state index contributed by atoms with van der Waals surface area (Å²) in [6.07, 6.45) is 0. The Bertz CT molecular complexity index is 215. The van der Waals surface area contributed by atoms with E-state index in [0.29, 0.717) is 0 Å². The van der Waals surface area contributed by atoms with Crippen molar-refractivity contribution in [1.82, 2.24) is 0 Å². The number of hydrogen-bond donors (Lipinski definition) is 2. The minimum absolute atomic E-state index is 0.176. The van der Waals surface area contributed by atoms with Crippen LogP contribution >= 0.6 is 18.4 Å². The third-order valence-corrected chi connectivity index (χ3v) is 0.730. The maximum absolute atomic E-state index is 9.60. The van der Waals surface area contributed by atoms with Gasteiger partial charge in [-0.05, 0) is 32.3 Å². The molecule has 1 atom stereocenters. The summed E-state index contributed by atoms with van der Waals surface area (Å²) in [4.78, 5) is 19.2. The third-order valence-electron chi connectivity index (χ3n) is 0.730. The van der Waals surface area contributed by atoms with Crippen LogP contribution < -0.4 is 0 Å². The highest BCUT2D eigenvalue weighted by atomic mass is 31.1. The topological polar surface area (TPSA) is 87.0 Å². The van der Waals surface area contributed by atoms with Crippen LogP contribution in [0.2, 0.25) is 0 Å². The van der Waals surface area contributed by atoms with Gasteiger partial charge in [-0.25, -0.2) is 9.59 Å². The maximum atomic E-state index is 9.60. The monoisotopic (exact) mass is 251 g/mol. The average Bonchev–Trinajstić information content (AvgIpc) is 2.06. The predicted octanol–water partition coefficient (Wildman–Crippen LogP) is 2.40. The molecule has 86 valence electrons. The lowest BCUT2D eigenvalue weighted by Gasteiger charge is -1.79. The lowest BCUT2D eigenvalue weighted by Crippen LogP contribution is -1.92. The molecule has 0 spiro atoms. The molecule has 7 heteroatoms. The molecular formula is C8H15NO4P2. The molecule has 0 amide bonds. The number of carboxylic acids is 2. The van der Waals surface area contributed by atoms with E-state index in [0.717, 1.165) is 0 Å². The first-order valence-corrected chi connectivity index (χ1v) is 4.51. The van der Waals surface area contributed by atoms with Crippen LogP contribution in [0.1, 0.15) is 13.8 Å². The maximum Gasteiger partial charge on any atom is 0.330 e. The molecule has 0 aromatic rings. The van der Waals surface area contributed by atoms with E-state index in [-0.39, 0.29) is 11.1 Å². The Balaban J connectivity index is -0.000000153. The van der Waals surface area contributed by atoms with Crippen molar-refractivity contribution in [2.75, 3.05) is 0 Å². The second kappa shape index (κ2) is 12.9. The summed E-state index contributed by atoms with van der Waals surface area (Å²) in [5.41, 5.74) is 0.352. The van der Waals surface area contributed by atoms with Crippen LogP contribution in [0.15, 0.2) is 28.8 Å². The molecule has 0 bridgehead atoms. The van der Waals surface area contributed by atoms with Gasteiger partial charge in [0.15, 0.2) is 0 Å². The fraction of sp³-hybridized carbons (Fsp3) is 0.250. The van der Waals surface area contributed by atoms with Gasteiger partial charge in [0.2, 0.25) is 0 Å². The molecule has 15 heavy (non-hydrogen) atoms. The third kappa shape index (κ3) is 32.1. The molecule has 0 aliphatic carbocycles. The molecule has 0 heterocycles. The second-order valence-electron chi connectivity index (χ2n) is 2.30. The van der Waals surface area contributed by atoms with Gasteiger partial charge in [-0.2, -0.15) is 0 Å². The highest BCUT2D eigenvalue weighted by Gasteiger charge is 1.90. The number of hydrogen-bond acceptors (Lipinski definition) is 3. The largest absolute Gasteiger partial charge is 0.478 e. The van der Waals surface area contributed by atoms with E-state index in [1.807, 2.05) is 0 Å². The molecule has 0 rings (SSSR count). The highest BCUT2D eigenvalue weighted by molar-refractivity contribution is 7.23. The number of nitrogens with zero attached hydrogens (tertiary/aromatic N) is 1. The quantitative estimate of drug-likeness (QED) is 0.582. The molecule has 0 aliphatic heterocycles. The van der Waals surface area contributed by atoms with Crippen molar-refractivity contribution < 1.29 is 19.8 Å². The van der Waals surface area contributed by atoms with Crippen LogP contribution in [0.4, 0.5) is 0 Å². The Hall–Kier alpha value is -1.05. The van der Waals surface area contributed by atoms with Crippen LogP contribution in [0.3, 0.4) is 0 Å². The van der Waals surface area contributed by atoms with E-state index in [1.165, 1.54) is 13.8 Å². The van der Waals surface area contributed by atoms with E-state index < -0.39 is 11.9 Å². The van der Waals surface area contributed by atoms with Gasteiger partial charge in [0.05, 0.1) is 0 Å². The molecule has 0 aliphatic rings. The second-order valence-corrected chi connectivity index (χ2v) is 3.33. The van der Waals surface area contributed by atoms with Crippen LogP contribution in [0, 0.1) is 0 Å². The van der Waals surface area contributed by atoms with E-state index >= 15 is 0 Å². The zero-order valence-corrected chi connectivity index (χ0v) is 10.8. The number of carbonyl (C=O) groups is 2. The molecule has 0 fully saturated rings. The molecule has 0 saturated heterocycles. The van der Waals surface area contributed by atoms with Crippen LogP contribution in [-0.2, 0) is 9.59 Å². The zero-order chi connectivity index (χ0) is 13.0. The van der Waals surface area contributed by atoms with Crippen molar-refractivity contribution >= 4 is 30.4 Å². The molecule has 0 radical (unpaired) electrons. The predicted molar refractivity (Wildman–Crippen MR) is 65.4 cm³/mol. The Morgan fingerprint density at radius 2 is 1.20 bits per heavy atom. The van der Waals surface area contributed by atoms with Crippen molar-refractivity contribution in [3.8, 4) is 0 Å². The van der Waals surface area contributed by atoms with Crippen molar-refractivity contribution in [3.63, 3.8) is 0 Å². The Labute approximate surface area is 93.5 Å². The Morgan fingerprint density at radius 3 is 1.20 bits per heavy atom. The molecular weight excluding hydrogens is 236 g/mol. The first-order chi connectivity index (χ1) is 6.70. The van der Waals surface area contributed by atoms with Gasteiger partial charge in [-0.1, -0.05) is 13.2 Å². The fourth-order valence-corrected chi connectivity index (χ4v) is 0. The van der Waals surface area contributed by atoms with Crippen LogP contribution in [-0.4, -0.2) is 22.2 Å². The van der Waals surface area contributed by atoms with Gasteiger partial charge in [0, 0.05) is 11.1 Å². The van der Waals surface area contributed by atoms with E-state index in [4.69, 9.17) is 10.2 Å². The number of rotatable bonds is 2. The van der Waals surface area contributed by atoms with E-state index in [2.05, 4.69) is 36.1 Å². The highest BCUT2D eigenvalue weighted by Crippen LogP contribution is 1.81. The van der Waals surface area contributed by atoms with Gasteiger partial charge in [-0.3, -0.25) is 4.52 Å². The SMILES string of the molecule is C=C(C)C(=O)O.C=C(C)C(=O)O.P=NP. The average molecular weight is 251 g/mol. The van der Waals surface area contributed by atoms with Crippen LogP contribution in [0.25, 0.3) is 0 Å². The summed E-state index contributed by atoms with van der Waals surface area (Å²) < 4.78 is 3.22. The molecule has 0 aromatic carbocycles. The minimum atomic E-state index is -0.935. The van der Waals surface area contributed by atoms with Crippen LogP contribution in [0.5, 0.6) is 0 Å².